The summed E-state index contributed by atoms with van der Waals surface area (Å²) in [7, 11) is -3.78. The average molecular weight is 461 g/mol. The Morgan fingerprint density at radius 3 is 2.25 bits per heavy atom. The highest BCUT2D eigenvalue weighted by atomic mass is 32.2. The van der Waals surface area contributed by atoms with Gasteiger partial charge in [0.1, 0.15) is 0 Å². The maximum absolute atomic E-state index is 13.1. The first-order chi connectivity index (χ1) is 15.4. The van der Waals surface area contributed by atoms with Crippen molar-refractivity contribution in [3.63, 3.8) is 0 Å². The van der Waals surface area contributed by atoms with Gasteiger partial charge in [-0.2, -0.15) is 4.31 Å². The predicted octanol–water partition coefficient (Wildman–Crippen LogP) is 1.07. The third-order valence-electron chi connectivity index (χ3n) is 5.22. The van der Waals surface area contributed by atoms with Crippen LogP contribution in [0.4, 0.5) is 0 Å². The molecule has 32 heavy (non-hydrogen) atoms. The second kappa shape index (κ2) is 9.15. The van der Waals surface area contributed by atoms with Crippen molar-refractivity contribution in [1.29, 1.82) is 0 Å². The van der Waals surface area contributed by atoms with Crippen LogP contribution in [0.15, 0.2) is 41.3 Å². The number of hydrogen-bond acceptors (Lipinski definition) is 7. The van der Waals surface area contributed by atoms with Gasteiger partial charge in [0.15, 0.2) is 11.5 Å². The first-order valence-corrected chi connectivity index (χ1v) is 11.6. The van der Waals surface area contributed by atoms with E-state index in [-0.39, 0.29) is 35.9 Å². The molecule has 2 N–H and O–H groups in total. The van der Waals surface area contributed by atoms with Gasteiger partial charge in [-0.1, -0.05) is 13.0 Å². The fourth-order valence-corrected chi connectivity index (χ4v) is 5.18. The number of ether oxygens (including phenoxy) is 3. The summed E-state index contributed by atoms with van der Waals surface area (Å²) >= 11 is 0. The molecule has 170 valence electrons. The number of sulfonamides is 1. The third kappa shape index (κ3) is 4.40. The van der Waals surface area contributed by atoms with Crippen LogP contribution >= 0.6 is 0 Å². The van der Waals surface area contributed by atoms with Crippen molar-refractivity contribution in [2.24, 2.45) is 0 Å². The van der Waals surface area contributed by atoms with Crippen molar-refractivity contribution in [2.75, 3.05) is 33.1 Å². The lowest BCUT2D eigenvalue weighted by molar-refractivity contribution is 0.0730. The minimum absolute atomic E-state index is 0.0802. The molecule has 0 saturated carbocycles. The smallest absolute Gasteiger partial charge is 0.269 e. The van der Waals surface area contributed by atoms with Crippen LogP contribution < -0.4 is 20.3 Å². The average Bonchev–Trinajstić information content (AvgIpc) is 3.30. The van der Waals surface area contributed by atoms with E-state index in [0.717, 1.165) is 0 Å². The van der Waals surface area contributed by atoms with Crippen LogP contribution in [-0.4, -0.2) is 57.6 Å². The van der Waals surface area contributed by atoms with Gasteiger partial charge < -0.3 is 14.2 Å². The number of aryl methyl sites for hydroxylation is 1. The molecule has 2 aromatic carbocycles. The van der Waals surface area contributed by atoms with E-state index in [4.69, 9.17) is 14.2 Å². The van der Waals surface area contributed by atoms with Gasteiger partial charge in [-0.15, -0.1) is 0 Å². The second-order valence-corrected chi connectivity index (χ2v) is 9.08. The fourth-order valence-electron chi connectivity index (χ4n) is 3.45. The van der Waals surface area contributed by atoms with Crippen molar-refractivity contribution in [2.45, 2.75) is 18.2 Å². The molecule has 2 aromatic rings. The van der Waals surface area contributed by atoms with Gasteiger partial charge in [-0.05, 0) is 42.3 Å². The lowest BCUT2D eigenvalue weighted by Crippen LogP contribution is -2.42. The van der Waals surface area contributed by atoms with E-state index in [2.05, 4.69) is 10.9 Å². The Balaban J connectivity index is 1.49. The van der Waals surface area contributed by atoms with E-state index in [9.17, 15) is 18.0 Å². The van der Waals surface area contributed by atoms with Gasteiger partial charge in [0.25, 0.3) is 11.8 Å². The number of benzene rings is 2. The van der Waals surface area contributed by atoms with Gasteiger partial charge in [-0.25, -0.2) is 8.42 Å². The summed E-state index contributed by atoms with van der Waals surface area (Å²) in [5, 5.41) is 0. The number of carbonyl (C=O) groups excluding carboxylic acids is 2. The fraction of sp³-hybridized carbons (Fsp3) is 0.333. The first-order valence-electron chi connectivity index (χ1n) is 10.1. The summed E-state index contributed by atoms with van der Waals surface area (Å²) in [5.74, 6) is -0.212. The van der Waals surface area contributed by atoms with Crippen molar-refractivity contribution in [3.8, 4) is 11.5 Å². The van der Waals surface area contributed by atoms with Crippen LogP contribution in [0, 0.1) is 0 Å². The minimum atomic E-state index is -3.78. The minimum Gasteiger partial charge on any atom is -0.454 e. The Kier molecular flexibility index (Phi) is 6.31. The summed E-state index contributed by atoms with van der Waals surface area (Å²) in [6.45, 7) is 3.10. The lowest BCUT2D eigenvalue weighted by Gasteiger charge is -2.27. The van der Waals surface area contributed by atoms with Gasteiger partial charge in [-0.3, -0.25) is 20.4 Å². The van der Waals surface area contributed by atoms with E-state index < -0.39 is 21.8 Å². The van der Waals surface area contributed by atoms with Crippen LogP contribution in [0.1, 0.15) is 33.2 Å². The molecular formula is C21H23N3O7S. The number of carbonyl (C=O) groups is 2. The molecule has 0 aromatic heterocycles. The summed E-state index contributed by atoms with van der Waals surface area (Å²) < 4.78 is 43.3. The highest BCUT2D eigenvalue weighted by Crippen LogP contribution is 2.32. The Morgan fingerprint density at radius 1 is 0.938 bits per heavy atom. The van der Waals surface area contributed by atoms with Gasteiger partial charge in [0, 0.05) is 24.2 Å². The quantitative estimate of drug-likeness (QED) is 0.639. The van der Waals surface area contributed by atoms with Gasteiger partial charge in [0.2, 0.25) is 16.8 Å². The molecule has 10 nitrogen and oxygen atoms in total. The van der Waals surface area contributed by atoms with E-state index in [1.54, 1.807) is 12.1 Å². The normalized spacial score (nSPS) is 15.9. The molecule has 0 radical (unpaired) electrons. The third-order valence-corrected chi connectivity index (χ3v) is 7.20. The zero-order valence-electron chi connectivity index (χ0n) is 17.4. The number of nitrogens with one attached hydrogen (secondary N) is 2. The highest BCUT2D eigenvalue weighted by Gasteiger charge is 2.29. The first kappa shape index (κ1) is 22.1. The Morgan fingerprint density at radius 2 is 1.56 bits per heavy atom. The molecule has 11 heteroatoms. The zero-order chi connectivity index (χ0) is 22.7. The topological polar surface area (TPSA) is 123 Å². The maximum atomic E-state index is 13.1. The number of fused-ring (bicyclic) bond motifs is 1. The number of nitrogens with zero attached hydrogens (tertiary/aromatic N) is 1. The number of rotatable bonds is 5. The van der Waals surface area contributed by atoms with E-state index in [1.807, 2.05) is 6.92 Å². The number of morpholine rings is 1. The lowest BCUT2D eigenvalue weighted by atomic mass is 10.1. The molecule has 2 amide bonds. The molecule has 1 fully saturated rings. The van der Waals surface area contributed by atoms with Crippen molar-refractivity contribution < 1.29 is 32.2 Å². The van der Waals surface area contributed by atoms with Crippen molar-refractivity contribution >= 4 is 21.8 Å². The van der Waals surface area contributed by atoms with Crippen molar-refractivity contribution in [3.05, 3.63) is 53.1 Å². The van der Waals surface area contributed by atoms with Crippen molar-refractivity contribution in [1.82, 2.24) is 15.2 Å². The monoisotopic (exact) mass is 461 g/mol. The summed E-state index contributed by atoms with van der Waals surface area (Å²) in [6.07, 6.45) is 0.488. The van der Waals surface area contributed by atoms with Crippen LogP contribution in [0.3, 0.4) is 0 Å². The van der Waals surface area contributed by atoms with Crippen LogP contribution in [0.5, 0.6) is 11.5 Å². The summed E-state index contributed by atoms with van der Waals surface area (Å²) in [6, 6.07) is 9.13. The molecule has 0 spiro atoms. The largest absolute Gasteiger partial charge is 0.454 e. The molecule has 0 unspecified atom stereocenters. The SMILES string of the molecule is CCc1ccc(C(=O)NNC(=O)c2ccc3c(c2)OCO3)cc1S(=O)(=O)N1CCOCC1. The molecule has 2 aliphatic rings. The molecule has 2 aliphatic heterocycles. The van der Waals surface area contributed by atoms with Crippen LogP contribution in [-0.2, 0) is 21.2 Å². The molecule has 4 rings (SSSR count). The number of hydrogen-bond donors (Lipinski definition) is 2. The van der Waals surface area contributed by atoms with Gasteiger partial charge >= 0.3 is 0 Å². The Hall–Kier alpha value is -3.15. The molecule has 0 bridgehead atoms. The second-order valence-electron chi connectivity index (χ2n) is 7.17. The summed E-state index contributed by atoms with van der Waals surface area (Å²) in [4.78, 5) is 25.1. The zero-order valence-corrected chi connectivity index (χ0v) is 18.2. The molecule has 0 aliphatic carbocycles. The van der Waals surface area contributed by atoms with Gasteiger partial charge in [0.05, 0.1) is 18.1 Å². The van der Waals surface area contributed by atoms with Crippen LogP contribution in [0.2, 0.25) is 0 Å². The molecular weight excluding hydrogens is 438 g/mol. The number of hydrazine groups is 1. The standard InChI is InChI=1S/C21H23N3O7S/c1-2-14-3-4-16(12-19(14)32(27,28)24-7-9-29-10-8-24)21(26)23-22-20(25)15-5-6-17-18(11-15)31-13-30-17/h3-6,11-12H,2,7-10,13H2,1H3,(H,22,25)(H,23,26). The van der Waals surface area contributed by atoms with E-state index in [1.165, 1.54) is 28.6 Å². The highest BCUT2D eigenvalue weighted by molar-refractivity contribution is 7.89. The summed E-state index contributed by atoms with van der Waals surface area (Å²) in [5.41, 5.74) is 5.64. The van der Waals surface area contributed by atoms with E-state index >= 15 is 0 Å². The molecule has 0 atom stereocenters. The number of amides is 2. The molecule has 1 saturated heterocycles. The Labute approximate surface area is 185 Å². The predicted molar refractivity (Wildman–Crippen MR) is 113 cm³/mol. The maximum Gasteiger partial charge on any atom is 0.269 e. The van der Waals surface area contributed by atoms with E-state index in [0.29, 0.717) is 36.7 Å². The Bertz CT molecular complexity index is 1140. The van der Waals surface area contributed by atoms with Crippen LogP contribution in [0.25, 0.3) is 0 Å². The molecule has 2 heterocycles.